The first-order valence-electron chi connectivity index (χ1n) is 6.25. The molecule has 0 saturated carbocycles. The third-order valence-corrected chi connectivity index (χ3v) is 3.84. The number of nitrogens with one attached hydrogen (secondary N) is 1. The van der Waals surface area contributed by atoms with Crippen molar-refractivity contribution in [3.05, 3.63) is 57.3 Å². The van der Waals surface area contributed by atoms with Gasteiger partial charge in [0, 0.05) is 10.7 Å². The van der Waals surface area contributed by atoms with Crippen molar-refractivity contribution in [1.82, 2.24) is 10.3 Å². The van der Waals surface area contributed by atoms with Gasteiger partial charge in [-0.05, 0) is 49.4 Å². The van der Waals surface area contributed by atoms with Crippen molar-refractivity contribution in [2.45, 2.75) is 12.5 Å². The molecule has 2 aromatic rings. The number of methoxy groups -OCH3 is 1. The molecule has 1 unspecified atom stereocenters. The monoisotopic (exact) mass is 354 g/mol. The van der Waals surface area contributed by atoms with Crippen molar-refractivity contribution in [1.29, 1.82) is 0 Å². The second-order valence-corrected chi connectivity index (χ2v) is 5.75. The normalized spacial score (nSPS) is 12.2. The van der Waals surface area contributed by atoms with E-state index in [-0.39, 0.29) is 6.04 Å². The maximum atomic E-state index is 5.88. The maximum Gasteiger partial charge on any atom is 0.122 e. The average molecular weight is 356 g/mol. The van der Waals surface area contributed by atoms with Crippen LogP contribution in [0.2, 0.25) is 5.02 Å². The van der Waals surface area contributed by atoms with Gasteiger partial charge in [0.25, 0.3) is 0 Å². The molecular weight excluding hydrogens is 340 g/mol. The molecule has 0 radical (unpaired) electrons. The minimum Gasteiger partial charge on any atom is -0.496 e. The van der Waals surface area contributed by atoms with E-state index in [1.165, 1.54) is 0 Å². The molecule has 5 heteroatoms. The fourth-order valence-corrected chi connectivity index (χ4v) is 2.59. The van der Waals surface area contributed by atoms with Crippen LogP contribution in [0.5, 0.6) is 5.75 Å². The van der Waals surface area contributed by atoms with Gasteiger partial charge in [-0.2, -0.15) is 0 Å². The molecule has 0 amide bonds. The van der Waals surface area contributed by atoms with Crippen molar-refractivity contribution in [2.75, 3.05) is 14.2 Å². The van der Waals surface area contributed by atoms with Gasteiger partial charge in [-0.15, -0.1) is 0 Å². The standard InChI is InChI=1S/C15H16BrClN2O/c1-18-14(13-5-4-12(17)9-19-13)8-10-7-11(16)3-6-15(10)20-2/h3-7,9,14,18H,8H2,1-2H3. The summed E-state index contributed by atoms with van der Waals surface area (Å²) in [5.41, 5.74) is 2.08. The van der Waals surface area contributed by atoms with E-state index in [0.717, 1.165) is 27.9 Å². The van der Waals surface area contributed by atoms with Crippen molar-refractivity contribution < 1.29 is 4.74 Å². The lowest BCUT2D eigenvalue weighted by molar-refractivity contribution is 0.406. The smallest absolute Gasteiger partial charge is 0.122 e. The predicted octanol–water partition coefficient (Wildman–Crippen LogP) is 4.01. The Morgan fingerprint density at radius 1 is 1.35 bits per heavy atom. The average Bonchev–Trinajstić information content (AvgIpc) is 2.46. The van der Waals surface area contributed by atoms with E-state index in [2.05, 4.69) is 32.3 Å². The van der Waals surface area contributed by atoms with E-state index in [4.69, 9.17) is 16.3 Å². The van der Waals surface area contributed by atoms with Crippen molar-refractivity contribution in [3.8, 4) is 5.75 Å². The second-order valence-electron chi connectivity index (χ2n) is 4.40. The number of aromatic nitrogens is 1. The first-order chi connectivity index (χ1) is 9.63. The second kappa shape index (κ2) is 7.07. The van der Waals surface area contributed by atoms with Gasteiger partial charge in [-0.3, -0.25) is 4.98 Å². The molecular formula is C15H16BrClN2O. The molecule has 106 valence electrons. The van der Waals surface area contributed by atoms with Gasteiger partial charge in [0.1, 0.15) is 5.75 Å². The summed E-state index contributed by atoms with van der Waals surface area (Å²) in [6, 6.07) is 9.90. The van der Waals surface area contributed by atoms with E-state index in [1.54, 1.807) is 13.3 Å². The molecule has 0 aliphatic heterocycles. The first kappa shape index (κ1) is 15.3. The molecule has 1 aromatic carbocycles. The Hall–Kier alpha value is -1.10. The SMILES string of the molecule is CNC(Cc1cc(Br)ccc1OC)c1ccc(Cl)cn1. The number of likely N-dealkylation sites (N-methyl/N-ethyl adjacent to an activating group) is 1. The van der Waals surface area contributed by atoms with Crippen LogP contribution in [0.3, 0.4) is 0 Å². The summed E-state index contributed by atoms with van der Waals surface area (Å²) in [5, 5.41) is 3.92. The minimum absolute atomic E-state index is 0.107. The summed E-state index contributed by atoms with van der Waals surface area (Å²) in [6.45, 7) is 0. The van der Waals surface area contributed by atoms with Crippen LogP contribution < -0.4 is 10.1 Å². The zero-order valence-corrected chi connectivity index (χ0v) is 13.7. The number of hydrogen-bond acceptors (Lipinski definition) is 3. The van der Waals surface area contributed by atoms with Crippen LogP contribution in [0.15, 0.2) is 41.0 Å². The van der Waals surface area contributed by atoms with E-state index in [1.807, 2.05) is 31.3 Å². The van der Waals surface area contributed by atoms with Gasteiger partial charge in [-0.1, -0.05) is 27.5 Å². The molecule has 1 N–H and O–H groups in total. The summed E-state index contributed by atoms with van der Waals surface area (Å²) in [4.78, 5) is 4.38. The van der Waals surface area contributed by atoms with Crippen LogP contribution in [0.1, 0.15) is 17.3 Å². The third kappa shape index (κ3) is 3.72. The molecule has 1 atom stereocenters. The van der Waals surface area contributed by atoms with Crippen LogP contribution in [0, 0.1) is 0 Å². The molecule has 1 heterocycles. The van der Waals surface area contributed by atoms with Gasteiger partial charge in [0.15, 0.2) is 0 Å². The molecule has 0 bridgehead atoms. The summed E-state index contributed by atoms with van der Waals surface area (Å²) in [5.74, 6) is 0.877. The predicted molar refractivity (Wildman–Crippen MR) is 85.4 cm³/mol. The number of nitrogens with zero attached hydrogens (tertiary/aromatic N) is 1. The zero-order valence-electron chi connectivity index (χ0n) is 11.4. The lowest BCUT2D eigenvalue weighted by Crippen LogP contribution is -2.20. The highest BCUT2D eigenvalue weighted by Gasteiger charge is 2.14. The molecule has 20 heavy (non-hydrogen) atoms. The van der Waals surface area contributed by atoms with E-state index >= 15 is 0 Å². The molecule has 0 aliphatic carbocycles. The number of hydrogen-bond donors (Lipinski definition) is 1. The lowest BCUT2D eigenvalue weighted by Gasteiger charge is -2.17. The van der Waals surface area contributed by atoms with Gasteiger partial charge >= 0.3 is 0 Å². The molecule has 3 nitrogen and oxygen atoms in total. The van der Waals surface area contributed by atoms with Crippen LogP contribution >= 0.6 is 27.5 Å². The summed E-state index contributed by atoms with van der Waals surface area (Å²) < 4.78 is 6.45. The summed E-state index contributed by atoms with van der Waals surface area (Å²) in [7, 11) is 3.60. The lowest BCUT2D eigenvalue weighted by atomic mass is 10.0. The highest BCUT2D eigenvalue weighted by Crippen LogP contribution is 2.27. The Morgan fingerprint density at radius 3 is 2.75 bits per heavy atom. The van der Waals surface area contributed by atoms with Gasteiger partial charge in [0.2, 0.25) is 0 Å². The molecule has 1 aromatic heterocycles. The maximum absolute atomic E-state index is 5.88. The Kier molecular flexibility index (Phi) is 5.40. The molecule has 0 aliphatic rings. The number of halogens is 2. The Labute approximate surface area is 132 Å². The van der Waals surface area contributed by atoms with Gasteiger partial charge in [-0.25, -0.2) is 0 Å². The Bertz CT molecular complexity index is 575. The topological polar surface area (TPSA) is 34.1 Å². The fourth-order valence-electron chi connectivity index (χ4n) is 2.07. The van der Waals surface area contributed by atoms with Crippen LogP contribution in [-0.4, -0.2) is 19.1 Å². The molecule has 2 rings (SSSR count). The zero-order chi connectivity index (χ0) is 14.5. The molecule has 0 saturated heterocycles. The molecule has 0 spiro atoms. The first-order valence-corrected chi connectivity index (χ1v) is 7.42. The van der Waals surface area contributed by atoms with Crippen molar-refractivity contribution in [2.24, 2.45) is 0 Å². The van der Waals surface area contributed by atoms with Crippen molar-refractivity contribution >= 4 is 27.5 Å². The van der Waals surface area contributed by atoms with Gasteiger partial charge in [0.05, 0.1) is 23.9 Å². The third-order valence-electron chi connectivity index (χ3n) is 3.12. The number of ether oxygens (including phenoxy) is 1. The summed E-state index contributed by atoms with van der Waals surface area (Å²) in [6.07, 6.45) is 2.45. The fraction of sp³-hybridized carbons (Fsp3) is 0.267. The number of pyridine rings is 1. The number of rotatable bonds is 5. The number of benzene rings is 1. The van der Waals surface area contributed by atoms with E-state index in [9.17, 15) is 0 Å². The largest absolute Gasteiger partial charge is 0.496 e. The van der Waals surface area contributed by atoms with Crippen LogP contribution in [-0.2, 0) is 6.42 Å². The Morgan fingerprint density at radius 2 is 2.15 bits per heavy atom. The summed E-state index contributed by atoms with van der Waals surface area (Å²) >= 11 is 9.37. The van der Waals surface area contributed by atoms with Crippen LogP contribution in [0.25, 0.3) is 0 Å². The van der Waals surface area contributed by atoms with E-state index < -0.39 is 0 Å². The highest BCUT2D eigenvalue weighted by atomic mass is 79.9. The van der Waals surface area contributed by atoms with Gasteiger partial charge < -0.3 is 10.1 Å². The molecule has 0 fully saturated rings. The quantitative estimate of drug-likeness (QED) is 0.880. The van der Waals surface area contributed by atoms with E-state index in [0.29, 0.717) is 5.02 Å². The van der Waals surface area contributed by atoms with Crippen molar-refractivity contribution in [3.63, 3.8) is 0 Å². The minimum atomic E-state index is 0.107. The highest BCUT2D eigenvalue weighted by molar-refractivity contribution is 9.10. The Balaban J connectivity index is 2.26. The van der Waals surface area contributed by atoms with Crippen LogP contribution in [0.4, 0.5) is 0 Å².